The summed E-state index contributed by atoms with van der Waals surface area (Å²) < 4.78 is 0. The topological polar surface area (TPSA) is 116 Å². The molecule has 7 heteroatoms. The van der Waals surface area contributed by atoms with E-state index in [-0.39, 0.29) is 17.3 Å². The van der Waals surface area contributed by atoms with Crippen molar-refractivity contribution in [2.24, 2.45) is 5.16 Å². The number of nitrogens with zero attached hydrogens (tertiary/aromatic N) is 2. The SMILES string of the molecule is O=C(O)/C(Cc1ccc(N([O-])O)cc1)=N/O. The number of carboxylic acid groups (broad SMARTS) is 1. The molecule has 0 aliphatic carbocycles. The van der Waals surface area contributed by atoms with E-state index in [1.54, 1.807) is 0 Å². The van der Waals surface area contributed by atoms with Gasteiger partial charge in [0.05, 0.1) is 5.69 Å². The van der Waals surface area contributed by atoms with Gasteiger partial charge in [-0.2, -0.15) is 0 Å². The third kappa shape index (κ3) is 2.94. The number of hydrogen-bond acceptors (Lipinski definition) is 6. The van der Waals surface area contributed by atoms with E-state index in [4.69, 9.17) is 15.5 Å². The Morgan fingerprint density at radius 2 is 1.94 bits per heavy atom. The third-order valence-electron chi connectivity index (χ3n) is 1.90. The number of hydrogen-bond donors (Lipinski definition) is 3. The molecule has 7 nitrogen and oxygen atoms in total. The third-order valence-corrected chi connectivity index (χ3v) is 1.90. The monoisotopic (exact) mass is 225 g/mol. The van der Waals surface area contributed by atoms with Crippen LogP contribution in [0.5, 0.6) is 0 Å². The van der Waals surface area contributed by atoms with E-state index < -0.39 is 11.7 Å². The quantitative estimate of drug-likeness (QED) is 0.397. The van der Waals surface area contributed by atoms with Gasteiger partial charge in [-0.25, -0.2) is 4.79 Å². The van der Waals surface area contributed by atoms with Crippen LogP contribution in [0.3, 0.4) is 0 Å². The molecule has 16 heavy (non-hydrogen) atoms. The fourth-order valence-corrected chi connectivity index (χ4v) is 1.09. The summed E-state index contributed by atoms with van der Waals surface area (Å²) in [7, 11) is 0. The van der Waals surface area contributed by atoms with Gasteiger partial charge in [0.25, 0.3) is 0 Å². The first-order chi connectivity index (χ1) is 7.54. The molecule has 0 heterocycles. The Hall–Kier alpha value is -2.12. The average Bonchev–Trinajstić information content (AvgIpc) is 2.26. The van der Waals surface area contributed by atoms with Crippen molar-refractivity contribution in [1.82, 2.24) is 0 Å². The van der Waals surface area contributed by atoms with E-state index in [2.05, 4.69) is 5.16 Å². The molecule has 0 amide bonds. The van der Waals surface area contributed by atoms with Crippen LogP contribution in [0.1, 0.15) is 5.56 Å². The minimum atomic E-state index is -1.32. The molecule has 0 fully saturated rings. The minimum absolute atomic E-state index is 0.0292. The molecule has 3 N–H and O–H groups in total. The summed E-state index contributed by atoms with van der Waals surface area (Å²) in [5, 5.41) is 38.3. The lowest BCUT2D eigenvalue weighted by molar-refractivity contribution is -0.129. The summed E-state index contributed by atoms with van der Waals surface area (Å²) in [6.07, 6.45) is -0.0730. The molecule has 0 aliphatic heterocycles. The maximum Gasteiger partial charge on any atom is 0.354 e. The normalized spacial score (nSPS) is 11.2. The number of benzene rings is 1. The Kier molecular flexibility index (Phi) is 3.81. The van der Waals surface area contributed by atoms with Gasteiger partial charge in [0.1, 0.15) is 0 Å². The number of carboxylic acids is 1. The van der Waals surface area contributed by atoms with Crippen LogP contribution in [0.15, 0.2) is 29.4 Å². The Morgan fingerprint density at radius 1 is 1.38 bits per heavy atom. The molecule has 0 bridgehead atoms. The summed E-state index contributed by atoms with van der Waals surface area (Å²) in [6, 6.07) is 5.54. The molecule has 0 saturated heterocycles. The van der Waals surface area contributed by atoms with E-state index in [1.807, 2.05) is 0 Å². The van der Waals surface area contributed by atoms with Gasteiger partial charge >= 0.3 is 5.97 Å². The summed E-state index contributed by atoms with van der Waals surface area (Å²) in [6.45, 7) is 0. The van der Waals surface area contributed by atoms with Crippen molar-refractivity contribution in [1.29, 1.82) is 0 Å². The van der Waals surface area contributed by atoms with Gasteiger partial charge in [-0.15, -0.1) is 0 Å². The number of oxime groups is 1. The fourth-order valence-electron chi connectivity index (χ4n) is 1.09. The second-order valence-electron chi connectivity index (χ2n) is 2.97. The van der Waals surface area contributed by atoms with Crippen molar-refractivity contribution < 1.29 is 20.3 Å². The predicted octanol–water partition coefficient (Wildman–Crippen LogP) is 0.837. The number of aliphatic carboxylic acids is 1. The van der Waals surface area contributed by atoms with Crippen molar-refractivity contribution in [3.05, 3.63) is 35.0 Å². The first-order valence-electron chi connectivity index (χ1n) is 4.24. The lowest BCUT2D eigenvalue weighted by Gasteiger charge is -2.21. The van der Waals surface area contributed by atoms with E-state index in [1.165, 1.54) is 24.3 Å². The predicted molar refractivity (Wildman–Crippen MR) is 54.6 cm³/mol. The van der Waals surface area contributed by atoms with E-state index in [0.29, 0.717) is 5.56 Å². The minimum Gasteiger partial charge on any atom is -0.733 e. The molecule has 0 saturated carbocycles. The molecular weight excluding hydrogens is 216 g/mol. The molecule has 0 spiro atoms. The molecule has 0 radical (unpaired) electrons. The van der Waals surface area contributed by atoms with Crippen molar-refractivity contribution in [3.8, 4) is 0 Å². The lowest BCUT2D eigenvalue weighted by atomic mass is 10.1. The Bertz CT molecular complexity index is 399. The number of rotatable bonds is 4. The van der Waals surface area contributed by atoms with E-state index >= 15 is 0 Å². The second-order valence-corrected chi connectivity index (χ2v) is 2.97. The fraction of sp³-hybridized carbons (Fsp3) is 0.111. The van der Waals surface area contributed by atoms with E-state index in [9.17, 15) is 10.0 Å². The van der Waals surface area contributed by atoms with Crippen LogP contribution in [0, 0.1) is 5.21 Å². The molecular formula is C9H9N2O5-. The standard InChI is InChI=1S/C9H9N2O5/c12-9(13)8(10-14)5-6-1-3-7(4-2-6)11(15)16/h1-4,14-15H,5H2,(H,12,13)/q-1/b10-8+. The summed E-state index contributed by atoms with van der Waals surface area (Å²) in [5.41, 5.74) is 0.165. The highest BCUT2D eigenvalue weighted by molar-refractivity contribution is 6.35. The summed E-state index contributed by atoms with van der Waals surface area (Å²) in [4.78, 5) is 10.5. The summed E-state index contributed by atoms with van der Waals surface area (Å²) in [5.74, 6) is -1.32. The molecule has 0 aromatic heterocycles. The highest BCUT2D eigenvalue weighted by Gasteiger charge is 2.10. The van der Waals surface area contributed by atoms with Gasteiger partial charge in [0.15, 0.2) is 5.71 Å². The molecule has 1 aromatic rings. The van der Waals surface area contributed by atoms with Crippen LogP contribution in [-0.4, -0.2) is 27.2 Å². The lowest BCUT2D eigenvalue weighted by Crippen LogP contribution is -2.16. The Morgan fingerprint density at radius 3 is 2.31 bits per heavy atom. The van der Waals surface area contributed by atoms with Crippen molar-refractivity contribution in [2.45, 2.75) is 6.42 Å². The second kappa shape index (κ2) is 5.10. The van der Waals surface area contributed by atoms with Crippen LogP contribution in [0.4, 0.5) is 5.69 Å². The van der Waals surface area contributed by atoms with Crippen LogP contribution in [0.25, 0.3) is 0 Å². The maximum atomic E-state index is 10.5. The maximum absolute atomic E-state index is 10.5. The zero-order valence-electron chi connectivity index (χ0n) is 8.07. The van der Waals surface area contributed by atoms with Gasteiger partial charge < -0.3 is 20.7 Å². The first-order valence-corrected chi connectivity index (χ1v) is 4.24. The largest absolute Gasteiger partial charge is 0.733 e. The Labute approximate surface area is 90.4 Å². The molecule has 0 aliphatic rings. The van der Waals surface area contributed by atoms with Gasteiger partial charge in [0.2, 0.25) is 0 Å². The van der Waals surface area contributed by atoms with Gasteiger partial charge in [-0.1, -0.05) is 17.3 Å². The molecule has 86 valence electrons. The molecule has 1 rings (SSSR count). The van der Waals surface area contributed by atoms with Crippen molar-refractivity contribution >= 4 is 17.4 Å². The number of anilines is 1. The van der Waals surface area contributed by atoms with Gasteiger partial charge in [-0.3, -0.25) is 5.21 Å². The van der Waals surface area contributed by atoms with Crippen LogP contribution < -0.4 is 5.23 Å². The molecule has 0 unspecified atom stereocenters. The zero-order valence-corrected chi connectivity index (χ0v) is 8.07. The highest BCUT2D eigenvalue weighted by Crippen LogP contribution is 2.13. The van der Waals surface area contributed by atoms with E-state index in [0.717, 1.165) is 0 Å². The van der Waals surface area contributed by atoms with Crippen LogP contribution >= 0.6 is 0 Å². The zero-order chi connectivity index (χ0) is 12.1. The van der Waals surface area contributed by atoms with Gasteiger partial charge in [0, 0.05) is 6.42 Å². The van der Waals surface area contributed by atoms with Gasteiger partial charge in [-0.05, 0) is 17.7 Å². The van der Waals surface area contributed by atoms with Crippen LogP contribution in [0.2, 0.25) is 0 Å². The molecule has 1 aromatic carbocycles. The van der Waals surface area contributed by atoms with Crippen molar-refractivity contribution in [3.63, 3.8) is 0 Å². The first kappa shape index (κ1) is 12.0. The van der Waals surface area contributed by atoms with Crippen molar-refractivity contribution in [2.75, 3.05) is 5.23 Å². The van der Waals surface area contributed by atoms with Crippen LogP contribution in [-0.2, 0) is 11.2 Å². The average molecular weight is 225 g/mol. The highest BCUT2D eigenvalue weighted by atomic mass is 16.8. The Balaban J connectivity index is 2.79. The molecule has 0 atom stereocenters. The summed E-state index contributed by atoms with van der Waals surface area (Å²) >= 11 is 0. The smallest absolute Gasteiger partial charge is 0.354 e. The number of carbonyl (C=O) groups is 1.